The smallest absolute Gasteiger partial charge is 0.138 e. The van der Waals surface area contributed by atoms with Crippen molar-refractivity contribution in [1.29, 1.82) is 0 Å². The Morgan fingerprint density at radius 3 is 2.75 bits per heavy atom. The first kappa shape index (κ1) is 13.2. The summed E-state index contributed by atoms with van der Waals surface area (Å²) in [6.45, 7) is 9.21. The largest absolute Gasteiger partial charge is 0.371 e. The zero-order chi connectivity index (χ0) is 12.2. The summed E-state index contributed by atoms with van der Waals surface area (Å²) in [6.07, 6.45) is 2.77. The maximum atomic E-state index is 5.50. The van der Waals surface area contributed by atoms with E-state index in [1.807, 2.05) is 13.1 Å². The zero-order valence-corrected chi connectivity index (χ0v) is 10.9. The van der Waals surface area contributed by atoms with Crippen molar-refractivity contribution in [2.24, 2.45) is 0 Å². The Balaban J connectivity index is 2.70. The van der Waals surface area contributed by atoms with Crippen molar-refractivity contribution in [3.8, 4) is 0 Å². The molecule has 0 aliphatic heterocycles. The minimum Gasteiger partial charge on any atom is -0.371 e. The number of ether oxygens (including phenoxy) is 1. The summed E-state index contributed by atoms with van der Waals surface area (Å²) in [5.74, 6) is 0.901. The van der Waals surface area contributed by atoms with Gasteiger partial charge >= 0.3 is 0 Å². The molecule has 4 nitrogen and oxygen atoms in total. The van der Waals surface area contributed by atoms with Crippen LogP contribution in [-0.4, -0.2) is 23.1 Å². The molecular weight excluding hydrogens is 202 g/mol. The highest BCUT2D eigenvalue weighted by Gasteiger charge is 2.27. The van der Waals surface area contributed by atoms with Gasteiger partial charge in [-0.1, -0.05) is 20.8 Å². The van der Waals surface area contributed by atoms with Gasteiger partial charge in [0.15, 0.2) is 0 Å². The van der Waals surface area contributed by atoms with Gasteiger partial charge in [-0.15, -0.1) is 0 Å². The molecule has 16 heavy (non-hydrogen) atoms. The molecule has 0 bridgehead atoms. The molecule has 1 rings (SSSR count). The number of nitrogens with one attached hydrogen (secondary N) is 2. The first-order chi connectivity index (χ1) is 7.51. The summed E-state index contributed by atoms with van der Waals surface area (Å²) in [6, 6.07) is 0.478. The summed E-state index contributed by atoms with van der Waals surface area (Å²) in [5.41, 5.74) is 0.788. The summed E-state index contributed by atoms with van der Waals surface area (Å²) in [7, 11) is 1.72. The third kappa shape index (κ3) is 3.06. The van der Waals surface area contributed by atoms with Crippen LogP contribution in [0.15, 0.2) is 6.20 Å². The predicted octanol–water partition coefficient (Wildman–Crippen LogP) is 2.18. The Hall–Kier alpha value is -0.870. The molecule has 2 N–H and O–H groups in total. The van der Waals surface area contributed by atoms with E-state index in [2.05, 4.69) is 36.1 Å². The Labute approximate surface area is 97.8 Å². The average molecular weight is 225 g/mol. The van der Waals surface area contributed by atoms with Gasteiger partial charge in [-0.05, 0) is 13.3 Å². The van der Waals surface area contributed by atoms with Gasteiger partial charge in [0, 0.05) is 31.6 Å². The molecular formula is C12H23N3O. The van der Waals surface area contributed by atoms with Crippen molar-refractivity contribution in [3.63, 3.8) is 0 Å². The summed E-state index contributed by atoms with van der Waals surface area (Å²) in [5, 5.41) is 3.35. The molecule has 92 valence electrons. The molecule has 4 heteroatoms. The lowest BCUT2D eigenvalue weighted by atomic mass is 10.0. The maximum absolute atomic E-state index is 5.50. The minimum atomic E-state index is -0.309. The molecule has 0 aliphatic rings. The highest BCUT2D eigenvalue weighted by Crippen LogP contribution is 2.25. The van der Waals surface area contributed by atoms with Gasteiger partial charge in [0.2, 0.25) is 0 Å². The lowest BCUT2D eigenvalue weighted by Crippen LogP contribution is -2.25. The number of imidazole rings is 1. The SMILES string of the molecule is CCC(C)(OC)c1ncc(CNC(C)C)[nH]1. The second-order valence-corrected chi connectivity index (χ2v) is 4.58. The van der Waals surface area contributed by atoms with Crippen LogP contribution in [0.25, 0.3) is 0 Å². The molecule has 1 unspecified atom stereocenters. The predicted molar refractivity (Wildman–Crippen MR) is 65.2 cm³/mol. The Morgan fingerprint density at radius 2 is 2.25 bits per heavy atom. The van der Waals surface area contributed by atoms with Gasteiger partial charge in [0.25, 0.3) is 0 Å². The fraction of sp³-hybridized carbons (Fsp3) is 0.750. The Morgan fingerprint density at radius 1 is 1.56 bits per heavy atom. The summed E-state index contributed by atoms with van der Waals surface area (Å²) < 4.78 is 5.50. The second kappa shape index (κ2) is 5.46. The number of H-pyrrole nitrogens is 1. The van der Waals surface area contributed by atoms with Crippen molar-refractivity contribution in [1.82, 2.24) is 15.3 Å². The molecule has 0 saturated heterocycles. The normalized spacial score (nSPS) is 15.4. The fourth-order valence-electron chi connectivity index (χ4n) is 1.44. The molecule has 0 aromatic carbocycles. The molecule has 0 radical (unpaired) electrons. The van der Waals surface area contributed by atoms with E-state index in [1.165, 1.54) is 0 Å². The average Bonchev–Trinajstić information content (AvgIpc) is 2.74. The lowest BCUT2D eigenvalue weighted by Gasteiger charge is -2.23. The Bertz CT molecular complexity index is 316. The number of hydrogen-bond acceptors (Lipinski definition) is 3. The molecule has 1 aromatic heterocycles. The van der Waals surface area contributed by atoms with Gasteiger partial charge in [0.1, 0.15) is 11.4 Å². The van der Waals surface area contributed by atoms with Crippen molar-refractivity contribution in [2.75, 3.05) is 7.11 Å². The van der Waals surface area contributed by atoms with Crippen LogP contribution in [0.1, 0.15) is 45.6 Å². The molecule has 0 aliphatic carbocycles. The van der Waals surface area contributed by atoms with Gasteiger partial charge < -0.3 is 15.0 Å². The van der Waals surface area contributed by atoms with Crippen molar-refractivity contribution < 1.29 is 4.74 Å². The van der Waals surface area contributed by atoms with E-state index in [0.717, 1.165) is 24.5 Å². The van der Waals surface area contributed by atoms with Crippen LogP contribution in [0.4, 0.5) is 0 Å². The van der Waals surface area contributed by atoms with Crippen molar-refractivity contribution in [2.45, 2.75) is 52.3 Å². The standard InChI is InChI=1S/C12H23N3O/c1-6-12(4,16-5)11-14-8-10(15-11)7-13-9(2)3/h8-9,13H,6-7H2,1-5H3,(H,14,15). The summed E-state index contributed by atoms with van der Waals surface area (Å²) in [4.78, 5) is 7.70. The highest BCUT2D eigenvalue weighted by atomic mass is 16.5. The van der Waals surface area contributed by atoms with Crippen LogP contribution in [0.2, 0.25) is 0 Å². The minimum absolute atomic E-state index is 0.309. The van der Waals surface area contributed by atoms with E-state index in [9.17, 15) is 0 Å². The van der Waals surface area contributed by atoms with Crippen LogP contribution in [0, 0.1) is 0 Å². The highest BCUT2D eigenvalue weighted by molar-refractivity contribution is 5.07. The third-order valence-electron chi connectivity index (χ3n) is 2.96. The van der Waals surface area contributed by atoms with Crippen LogP contribution >= 0.6 is 0 Å². The monoisotopic (exact) mass is 225 g/mol. The number of aromatic amines is 1. The topological polar surface area (TPSA) is 49.9 Å². The molecule has 0 amide bonds. The van der Waals surface area contributed by atoms with E-state index < -0.39 is 0 Å². The van der Waals surface area contributed by atoms with Gasteiger partial charge in [-0.25, -0.2) is 4.98 Å². The van der Waals surface area contributed by atoms with Crippen molar-refractivity contribution >= 4 is 0 Å². The van der Waals surface area contributed by atoms with E-state index in [1.54, 1.807) is 7.11 Å². The number of nitrogens with zero attached hydrogens (tertiary/aromatic N) is 1. The molecule has 1 aromatic rings. The lowest BCUT2D eigenvalue weighted by molar-refractivity contribution is -0.00837. The fourth-order valence-corrected chi connectivity index (χ4v) is 1.44. The van der Waals surface area contributed by atoms with Crippen LogP contribution < -0.4 is 5.32 Å². The molecule has 0 fully saturated rings. The number of aromatic nitrogens is 2. The third-order valence-corrected chi connectivity index (χ3v) is 2.96. The first-order valence-electron chi connectivity index (χ1n) is 5.84. The number of methoxy groups -OCH3 is 1. The van der Waals surface area contributed by atoms with E-state index >= 15 is 0 Å². The van der Waals surface area contributed by atoms with Crippen LogP contribution in [0.5, 0.6) is 0 Å². The maximum Gasteiger partial charge on any atom is 0.138 e. The molecule has 0 saturated carbocycles. The van der Waals surface area contributed by atoms with Gasteiger partial charge in [-0.3, -0.25) is 0 Å². The number of hydrogen-bond donors (Lipinski definition) is 2. The van der Waals surface area contributed by atoms with Crippen molar-refractivity contribution in [3.05, 3.63) is 17.7 Å². The quantitative estimate of drug-likeness (QED) is 0.780. The van der Waals surface area contributed by atoms with Crippen LogP contribution in [-0.2, 0) is 16.9 Å². The second-order valence-electron chi connectivity index (χ2n) is 4.58. The molecule has 1 heterocycles. The van der Waals surface area contributed by atoms with Gasteiger partial charge in [0.05, 0.1) is 0 Å². The number of rotatable bonds is 6. The molecule has 1 atom stereocenters. The zero-order valence-electron chi connectivity index (χ0n) is 10.9. The van der Waals surface area contributed by atoms with Gasteiger partial charge in [-0.2, -0.15) is 0 Å². The van der Waals surface area contributed by atoms with E-state index in [-0.39, 0.29) is 5.60 Å². The summed E-state index contributed by atoms with van der Waals surface area (Å²) >= 11 is 0. The van der Waals surface area contributed by atoms with E-state index in [0.29, 0.717) is 6.04 Å². The van der Waals surface area contributed by atoms with E-state index in [4.69, 9.17) is 4.74 Å². The first-order valence-corrected chi connectivity index (χ1v) is 5.84. The van der Waals surface area contributed by atoms with Crippen LogP contribution in [0.3, 0.4) is 0 Å². The Kier molecular flexibility index (Phi) is 4.50. The molecule has 0 spiro atoms.